The Morgan fingerprint density at radius 2 is 0.652 bits per heavy atom. The Bertz CT molecular complexity index is 3110. The Morgan fingerprint density at radius 1 is 0.384 bits per heavy atom. The van der Waals surface area contributed by atoms with Crippen LogP contribution in [0.15, 0.2) is 70.9 Å². The number of amides is 4. The van der Waals surface area contributed by atoms with Crippen LogP contribution >= 0.6 is 0 Å². The first kappa shape index (κ1) is 85.5. The van der Waals surface area contributed by atoms with Crippen molar-refractivity contribution < 1.29 is 85.6 Å². The first-order chi connectivity index (χ1) is 54.3. The average Bonchev–Trinajstić information content (AvgIpc) is 1.32. The number of alkyl carbamates (subject to hydrolysis) is 4. The van der Waals surface area contributed by atoms with Crippen LogP contribution in [0.3, 0.4) is 0 Å². The van der Waals surface area contributed by atoms with Crippen LogP contribution in [0.1, 0.15) is 246 Å². The van der Waals surface area contributed by atoms with E-state index in [4.69, 9.17) is 56.8 Å². The standard InChI is InChI=1S/C88H136N6O18/c1-59-67-37-33-61(29-27-43-87(5)77(111-87)73(67)107-79(59)95)53-103-81(97)91-47-21-15-9-7-13-19-45-89-51-65-57-101-71-69(65)39-35-63(31-25-41-85(3)75(71)109-85)55-105-83(99)93-49-23-17-11-12-18-24-50-94-84(100)106-56-64-32-26-42-86(4)76(110-86)72-70(40-36-64)66(58-102-72)52-90-46-20-14-8-10-16-22-48-92-82(98)104-54-62-30-28-44-88(6)78(112-88)74-68(38-34-62)60(2)80(96)108-74/h29-32,65-78,89-90H,1-2,7-28,33-58H2,3-6H3,(H,91,97)(H,92,98)(H,93,99)(H,94,100)/b61-29+,62-30+,63-31+,64-32+/t65-,66?,67+,68+,69+,70+,71+,72+,73+,74+,75+,76+,77+,78+,85-,86-,87-,88-/m1/s1. The van der Waals surface area contributed by atoms with Crippen LogP contribution in [0.5, 0.6) is 0 Å². The summed E-state index contributed by atoms with van der Waals surface area (Å²) in [7, 11) is 0. The predicted octanol–water partition coefficient (Wildman–Crippen LogP) is 14.2. The third kappa shape index (κ3) is 24.4. The van der Waals surface area contributed by atoms with Gasteiger partial charge in [0, 0.05) is 74.1 Å². The van der Waals surface area contributed by atoms with Gasteiger partial charge in [-0.3, -0.25) is 0 Å². The molecule has 0 aromatic rings. The van der Waals surface area contributed by atoms with Gasteiger partial charge in [-0.25, -0.2) is 28.8 Å². The molecule has 0 saturated carbocycles. The molecule has 24 heteroatoms. The molecule has 4 aliphatic carbocycles. The molecule has 8 fully saturated rings. The van der Waals surface area contributed by atoms with E-state index in [2.05, 4.69) is 97.1 Å². The number of fused-ring (bicyclic) bond motifs is 12. The molecule has 0 radical (unpaired) electrons. The van der Waals surface area contributed by atoms with Crippen molar-refractivity contribution >= 4 is 36.3 Å². The minimum absolute atomic E-state index is 0.0802. The minimum Gasteiger partial charge on any atom is -0.455 e. The number of unbranched alkanes of at least 4 members (excludes halogenated alkanes) is 15. The minimum atomic E-state index is -0.397. The lowest BCUT2D eigenvalue weighted by atomic mass is 9.81. The van der Waals surface area contributed by atoms with E-state index in [0.717, 1.165) is 254 Å². The quantitative estimate of drug-likeness (QED) is 0.00832. The Hall–Kier alpha value is -5.86. The Kier molecular flexibility index (Phi) is 31.5. The fourth-order valence-corrected chi connectivity index (χ4v) is 19.2. The van der Waals surface area contributed by atoms with Gasteiger partial charge in [0.2, 0.25) is 0 Å². The van der Waals surface area contributed by atoms with E-state index in [9.17, 15) is 28.8 Å². The maximum Gasteiger partial charge on any atom is 0.407 e. The Balaban J connectivity index is 0.438. The zero-order valence-electron chi connectivity index (χ0n) is 68.1. The highest BCUT2D eigenvalue weighted by molar-refractivity contribution is 5.91. The van der Waals surface area contributed by atoms with Crippen LogP contribution in [0, 0.1) is 35.5 Å². The van der Waals surface area contributed by atoms with Crippen molar-refractivity contribution in [2.45, 2.75) is 317 Å². The van der Waals surface area contributed by atoms with Crippen LogP contribution in [0.25, 0.3) is 0 Å². The van der Waals surface area contributed by atoms with E-state index in [1.165, 1.54) is 0 Å². The highest BCUT2D eigenvalue weighted by Gasteiger charge is 2.64. The fourth-order valence-electron chi connectivity index (χ4n) is 19.2. The molecule has 1 unspecified atom stereocenters. The summed E-state index contributed by atoms with van der Waals surface area (Å²) in [4.78, 5) is 75.7. The van der Waals surface area contributed by atoms with Gasteiger partial charge in [0.15, 0.2) is 0 Å². The lowest BCUT2D eigenvalue weighted by Gasteiger charge is -2.25. The predicted molar refractivity (Wildman–Crippen MR) is 424 cm³/mol. The van der Waals surface area contributed by atoms with Crippen molar-refractivity contribution in [3.05, 3.63) is 70.9 Å². The summed E-state index contributed by atoms with van der Waals surface area (Å²) in [5.41, 5.74) is 4.50. The second-order valence-corrected chi connectivity index (χ2v) is 35.4. The maximum absolute atomic E-state index is 12.9. The van der Waals surface area contributed by atoms with E-state index in [0.29, 0.717) is 86.7 Å². The van der Waals surface area contributed by atoms with Gasteiger partial charge < -0.3 is 88.7 Å². The van der Waals surface area contributed by atoms with Gasteiger partial charge in [0.25, 0.3) is 0 Å². The van der Waals surface area contributed by atoms with E-state index in [-0.39, 0.29) is 134 Å². The molecule has 12 rings (SSSR count). The molecule has 8 aliphatic heterocycles. The number of nitrogens with one attached hydrogen (secondary N) is 6. The second-order valence-electron chi connectivity index (χ2n) is 35.4. The van der Waals surface area contributed by atoms with E-state index >= 15 is 0 Å². The zero-order chi connectivity index (χ0) is 78.5. The van der Waals surface area contributed by atoms with E-state index < -0.39 is 12.2 Å². The lowest BCUT2D eigenvalue weighted by molar-refractivity contribution is -0.140. The van der Waals surface area contributed by atoms with Gasteiger partial charge in [-0.1, -0.05) is 115 Å². The van der Waals surface area contributed by atoms with Crippen molar-refractivity contribution in [3.8, 4) is 0 Å². The molecule has 4 amide bonds. The summed E-state index contributed by atoms with van der Waals surface area (Å²) < 4.78 is 72.0. The fraction of sp³-hybridized carbons (Fsp3) is 0.795. The molecule has 112 heavy (non-hydrogen) atoms. The average molecular weight is 1570 g/mol. The number of esters is 2. The summed E-state index contributed by atoms with van der Waals surface area (Å²) >= 11 is 0. The molecule has 0 bridgehead atoms. The largest absolute Gasteiger partial charge is 0.455 e. The van der Waals surface area contributed by atoms with Gasteiger partial charge in [-0.15, -0.1) is 0 Å². The van der Waals surface area contributed by atoms with Crippen molar-refractivity contribution in [2.75, 3.05) is 92.0 Å². The summed E-state index contributed by atoms with van der Waals surface area (Å²) in [5.74, 6) is 0.690. The Labute approximate surface area is 666 Å². The highest BCUT2D eigenvalue weighted by atomic mass is 16.7. The molecular weight excluding hydrogens is 1430 g/mol. The SMILES string of the molecule is C=C1C(=O)O[C@H]2[C@H]1CC/C(COC(=O)NCCCCCCCCNCC1CO[C@H]3[C@H]1CC/C(COC(=O)NCCCCCCCCNC(=O)OC/C1=C/CC[C@@]4(C)O[C@H]4[C@H]4OC[C@@H](CNCCCCCCCCNC(=O)OC/C5=C/CC[C@@]6(C)O[C@H]6[C@H]6OC(=O)C(=C)[C@@H]6CC5)[C@@H]4CC1)=C\CC[C@@]1(C)O[C@@H]31)=C\CC[C@@]1(C)O[C@@H]21. The van der Waals surface area contributed by atoms with Gasteiger partial charge in [-0.2, -0.15) is 0 Å². The van der Waals surface area contributed by atoms with Crippen LogP contribution in [-0.4, -0.2) is 200 Å². The first-order valence-electron chi connectivity index (χ1n) is 43.8. The molecule has 12 aliphatic rings. The topological polar surface area (TPSA) is 299 Å². The van der Waals surface area contributed by atoms with E-state index in [1.54, 1.807) is 0 Å². The molecule has 0 aromatic heterocycles. The molecule has 18 atom stereocenters. The van der Waals surface area contributed by atoms with Gasteiger partial charge >= 0.3 is 36.3 Å². The van der Waals surface area contributed by atoms with Crippen LogP contribution < -0.4 is 31.9 Å². The molecule has 0 aromatic carbocycles. The lowest BCUT2D eigenvalue weighted by Crippen LogP contribution is -2.34. The van der Waals surface area contributed by atoms with Crippen molar-refractivity contribution in [1.82, 2.24) is 31.9 Å². The number of ether oxygens (including phenoxy) is 12. The summed E-state index contributed by atoms with van der Waals surface area (Å²) in [6, 6.07) is 0. The van der Waals surface area contributed by atoms with Crippen LogP contribution in [0.2, 0.25) is 0 Å². The normalized spacial score (nSPS) is 35.7. The van der Waals surface area contributed by atoms with Gasteiger partial charge in [0.1, 0.15) is 63.1 Å². The van der Waals surface area contributed by atoms with Crippen molar-refractivity contribution in [3.63, 3.8) is 0 Å². The number of hydrogen-bond acceptors (Lipinski definition) is 20. The third-order valence-corrected chi connectivity index (χ3v) is 26.8. The van der Waals surface area contributed by atoms with Crippen molar-refractivity contribution in [1.29, 1.82) is 0 Å². The molecular formula is C88H136N6O18. The number of hydrogen-bond donors (Lipinski definition) is 6. The zero-order valence-corrected chi connectivity index (χ0v) is 68.1. The molecule has 8 saturated heterocycles. The smallest absolute Gasteiger partial charge is 0.407 e. The van der Waals surface area contributed by atoms with Crippen LogP contribution in [0.4, 0.5) is 19.2 Å². The molecule has 8 heterocycles. The monoisotopic (exact) mass is 1560 g/mol. The second kappa shape index (κ2) is 41.3. The summed E-state index contributed by atoms with van der Waals surface area (Å²) in [6.07, 6.45) is 39.3. The number of carbonyl (C=O) groups excluding carboxylic acids is 6. The van der Waals surface area contributed by atoms with Crippen LogP contribution in [-0.2, 0) is 66.4 Å². The van der Waals surface area contributed by atoms with Crippen molar-refractivity contribution in [2.24, 2.45) is 35.5 Å². The number of allylic oxidation sites excluding steroid dienone is 4. The molecule has 0 spiro atoms. The number of rotatable bonds is 39. The highest BCUT2D eigenvalue weighted by Crippen LogP contribution is 2.54. The molecule has 6 N–H and O–H groups in total. The first-order valence-corrected chi connectivity index (χ1v) is 43.8. The summed E-state index contributed by atoms with van der Waals surface area (Å²) in [5, 5.41) is 19.3. The number of carbonyl (C=O) groups is 6. The number of epoxide rings is 4. The Morgan fingerprint density at radius 3 is 0.955 bits per heavy atom. The third-order valence-electron chi connectivity index (χ3n) is 26.8. The molecule has 24 nitrogen and oxygen atoms in total. The summed E-state index contributed by atoms with van der Waals surface area (Å²) in [6.45, 7) is 25.2. The maximum atomic E-state index is 12.9. The van der Waals surface area contributed by atoms with Gasteiger partial charge in [-0.05, 0) is 216 Å². The van der Waals surface area contributed by atoms with Gasteiger partial charge in [0.05, 0.1) is 47.8 Å². The van der Waals surface area contributed by atoms with E-state index in [1.807, 2.05) is 0 Å². The molecule has 626 valence electrons.